The summed E-state index contributed by atoms with van der Waals surface area (Å²) < 4.78 is 11.8. The van der Waals surface area contributed by atoms with Crippen LogP contribution in [0.2, 0.25) is 0 Å². The standard InChI is InChI=1S/C36H44N8O2/c1-20(2)23-9-11-39-35-32(23)27(18-44(35)22(5)6)29-15-25(21(3)4)33-26(17-43(13-14-46-8)36(33)41-29)30-16-28(38-7)24-10-12-42(19-31(37)45)34(24)40-30/h9-12,15-18,20-22H,13-14,19H2,1-8H3,(H2,37,45)(H,38,40). The van der Waals surface area contributed by atoms with Gasteiger partial charge in [0.2, 0.25) is 5.91 Å². The van der Waals surface area contributed by atoms with Crippen molar-refractivity contribution in [2.24, 2.45) is 5.73 Å². The summed E-state index contributed by atoms with van der Waals surface area (Å²) in [4.78, 5) is 27.3. The van der Waals surface area contributed by atoms with Gasteiger partial charge in [-0.2, -0.15) is 0 Å². The second kappa shape index (κ2) is 12.2. The van der Waals surface area contributed by atoms with Gasteiger partial charge in [-0.15, -0.1) is 0 Å². The molecule has 0 spiro atoms. The molecule has 6 aromatic rings. The van der Waals surface area contributed by atoms with Crippen molar-refractivity contribution in [2.45, 2.75) is 72.5 Å². The van der Waals surface area contributed by atoms with Gasteiger partial charge in [0, 0.05) is 84.5 Å². The van der Waals surface area contributed by atoms with Crippen molar-refractivity contribution in [3.63, 3.8) is 0 Å². The minimum Gasteiger partial charge on any atom is -0.387 e. The molecule has 6 heterocycles. The Hall–Kier alpha value is -4.70. The van der Waals surface area contributed by atoms with Gasteiger partial charge in [-0.1, -0.05) is 27.7 Å². The predicted molar refractivity (Wildman–Crippen MR) is 186 cm³/mol. The van der Waals surface area contributed by atoms with Gasteiger partial charge in [0.15, 0.2) is 0 Å². The highest BCUT2D eigenvalue weighted by molar-refractivity contribution is 6.03. The maximum absolute atomic E-state index is 11.9. The number of ether oxygens (including phenoxy) is 1. The number of carbonyl (C=O) groups excluding carboxylic acids is 1. The summed E-state index contributed by atoms with van der Waals surface area (Å²) in [6.45, 7) is 14.5. The number of hydrogen-bond acceptors (Lipinski definition) is 6. The first kappa shape index (κ1) is 31.3. The Balaban J connectivity index is 1.67. The van der Waals surface area contributed by atoms with Crippen molar-refractivity contribution in [3.05, 3.63) is 60.2 Å². The lowest BCUT2D eigenvalue weighted by Crippen LogP contribution is -2.18. The molecule has 6 aromatic heterocycles. The van der Waals surface area contributed by atoms with Gasteiger partial charge in [0.25, 0.3) is 0 Å². The lowest BCUT2D eigenvalue weighted by Gasteiger charge is -2.14. The van der Waals surface area contributed by atoms with E-state index in [0.717, 1.165) is 55.7 Å². The number of nitrogens with one attached hydrogen (secondary N) is 1. The van der Waals surface area contributed by atoms with Crippen molar-refractivity contribution >= 4 is 44.7 Å². The number of methoxy groups -OCH3 is 1. The average Bonchev–Trinajstić information content (AvgIpc) is 3.72. The Labute approximate surface area is 269 Å². The van der Waals surface area contributed by atoms with Crippen molar-refractivity contribution in [1.82, 2.24) is 28.7 Å². The van der Waals surface area contributed by atoms with Crippen LogP contribution in [-0.2, 0) is 22.6 Å². The lowest BCUT2D eigenvalue weighted by molar-refractivity contribution is -0.118. The first-order chi connectivity index (χ1) is 22.0. The van der Waals surface area contributed by atoms with E-state index in [2.05, 4.69) is 86.6 Å². The zero-order chi connectivity index (χ0) is 32.9. The van der Waals surface area contributed by atoms with Crippen LogP contribution in [0.1, 0.15) is 70.5 Å². The highest BCUT2D eigenvalue weighted by Gasteiger charge is 2.24. The third-order valence-corrected chi connectivity index (χ3v) is 8.82. The molecule has 1 amide bonds. The van der Waals surface area contributed by atoms with Gasteiger partial charge < -0.3 is 29.5 Å². The number of carbonyl (C=O) groups is 1. The summed E-state index contributed by atoms with van der Waals surface area (Å²) in [6, 6.07) is 8.66. The first-order valence-corrected chi connectivity index (χ1v) is 16.0. The van der Waals surface area contributed by atoms with Crippen molar-refractivity contribution in [1.29, 1.82) is 0 Å². The van der Waals surface area contributed by atoms with Gasteiger partial charge in [0.1, 0.15) is 23.5 Å². The van der Waals surface area contributed by atoms with Crippen LogP contribution in [0.3, 0.4) is 0 Å². The number of anilines is 1. The van der Waals surface area contributed by atoms with Crippen LogP contribution in [0.15, 0.2) is 49.1 Å². The number of aromatic nitrogens is 6. The molecule has 0 fully saturated rings. The van der Waals surface area contributed by atoms with Crippen LogP contribution < -0.4 is 11.1 Å². The second-order valence-electron chi connectivity index (χ2n) is 12.9. The molecule has 0 bridgehead atoms. The third-order valence-electron chi connectivity index (χ3n) is 8.82. The van der Waals surface area contributed by atoms with E-state index in [4.69, 9.17) is 25.4 Å². The number of fused-ring (bicyclic) bond motifs is 3. The molecule has 10 nitrogen and oxygen atoms in total. The third kappa shape index (κ3) is 5.30. The summed E-state index contributed by atoms with van der Waals surface area (Å²) in [7, 11) is 3.61. The second-order valence-corrected chi connectivity index (χ2v) is 12.9. The Morgan fingerprint density at radius 3 is 2.22 bits per heavy atom. The SMILES string of the molecule is CNc1cc(-c2cn(CCOC)c3nc(-c4cn(C(C)C)c5nccc(C(C)C)c45)cc(C(C)C)c23)nc2c1ccn2CC(N)=O. The molecule has 46 heavy (non-hydrogen) atoms. The molecule has 0 aliphatic heterocycles. The summed E-state index contributed by atoms with van der Waals surface area (Å²) in [5.74, 6) is 0.114. The average molecular weight is 621 g/mol. The van der Waals surface area contributed by atoms with Crippen LogP contribution in [0.25, 0.3) is 55.6 Å². The molecule has 10 heteroatoms. The van der Waals surface area contributed by atoms with Gasteiger partial charge in [0.05, 0.1) is 18.0 Å². The Morgan fingerprint density at radius 1 is 0.891 bits per heavy atom. The Bertz CT molecular complexity index is 2080. The summed E-state index contributed by atoms with van der Waals surface area (Å²) >= 11 is 0. The molecule has 3 N–H and O–H groups in total. The molecule has 0 aliphatic carbocycles. The van der Waals surface area contributed by atoms with Gasteiger partial charge in [-0.25, -0.2) is 15.0 Å². The maximum Gasteiger partial charge on any atom is 0.237 e. The van der Waals surface area contributed by atoms with E-state index in [-0.39, 0.29) is 18.5 Å². The van der Waals surface area contributed by atoms with Gasteiger partial charge >= 0.3 is 0 Å². The number of primary amides is 1. The van der Waals surface area contributed by atoms with E-state index >= 15 is 0 Å². The van der Waals surface area contributed by atoms with E-state index in [9.17, 15) is 4.79 Å². The van der Waals surface area contributed by atoms with Crippen LogP contribution in [0, 0.1) is 0 Å². The quantitative estimate of drug-likeness (QED) is 0.160. The molecule has 6 rings (SSSR count). The van der Waals surface area contributed by atoms with E-state index in [1.54, 1.807) is 11.7 Å². The lowest BCUT2D eigenvalue weighted by atomic mass is 9.93. The minimum atomic E-state index is -0.416. The number of rotatable bonds is 11. The molecular weight excluding hydrogens is 576 g/mol. The van der Waals surface area contributed by atoms with Crippen molar-refractivity contribution < 1.29 is 9.53 Å². The van der Waals surface area contributed by atoms with Gasteiger partial charge in [-0.3, -0.25) is 4.79 Å². The van der Waals surface area contributed by atoms with E-state index in [1.807, 2.05) is 25.5 Å². The first-order valence-electron chi connectivity index (χ1n) is 16.0. The van der Waals surface area contributed by atoms with Crippen molar-refractivity contribution in [3.8, 4) is 22.5 Å². The monoisotopic (exact) mass is 620 g/mol. The van der Waals surface area contributed by atoms with Crippen molar-refractivity contribution in [2.75, 3.05) is 26.1 Å². The summed E-state index contributed by atoms with van der Waals surface area (Å²) in [5, 5.41) is 6.47. The highest BCUT2D eigenvalue weighted by Crippen LogP contribution is 2.42. The number of pyridine rings is 3. The molecule has 240 valence electrons. The zero-order valence-corrected chi connectivity index (χ0v) is 28.0. The van der Waals surface area contributed by atoms with E-state index in [1.165, 1.54) is 11.1 Å². The molecule has 0 atom stereocenters. The molecule has 0 saturated carbocycles. The zero-order valence-electron chi connectivity index (χ0n) is 28.0. The fourth-order valence-electron chi connectivity index (χ4n) is 6.53. The molecule has 0 radical (unpaired) electrons. The Kier molecular flexibility index (Phi) is 8.33. The normalized spacial score (nSPS) is 12.2. The van der Waals surface area contributed by atoms with Crippen LogP contribution in [-0.4, -0.2) is 55.3 Å². The van der Waals surface area contributed by atoms with Crippen LogP contribution in [0.4, 0.5) is 5.69 Å². The fourth-order valence-corrected chi connectivity index (χ4v) is 6.53. The highest BCUT2D eigenvalue weighted by atomic mass is 16.5. The number of nitrogens with two attached hydrogens (primary N) is 1. The minimum absolute atomic E-state index is 0.0536. The topological polar surface area (TPSA) is 118 Å². The molecular formula is C36H44N8O2. The van der Waals surface area contributed by atoms with E-state index < -0.39 is 5.91 Å². The smallest absolute Gasteiger partial charge is 0.237 e. The number of hydrogen-bond donors (Lipinski definition) is 2. The largest absolute Gasteiger partial charge is 0.387 e. The summed E-state index contributed by atoms with van der Waals surface area (Å²) in [6.07, 6.45) is 8.13. The maximum atomic E-state index is 11.9. The molecule has 0 saturated heterocycles. The van der Waals surface area contributed by atoms with Crippen LogP contribution in [0.5, 0.6) is 0 Å². The van der Waals surface area contributed by atoms with Gasteiger partial charge in [-0.05, 0) is 61.1 Å². The number of amides is 1. The Morgan fingerprint density at radius 2 is 1.57 bits per heavy atom. The van der Waals surface area contributed by atoms with E-state index in [0.29, 0.717) is 24.7 Å². The van der Waals surface area contributed by atoms with Crippen LogP contribution >= 0.6 is 0 Å². The molecule has 0 aliphatic rings. The fraction of sp³-hybridized carbons (Fsp3) is 0.389. The summed E-state index contributed by atoms with van der Waals surface area (Å²) in [5.41, 5.74) is 15.3. The number of nitrogens with zero attached hydrogens (tertiary/aromatic N) is 6. The predicted octanol–water partition coefficient (Wildman–Crippen LogP) is 7.07. The molecule has 0 unspecified atom stereocenters. The molecule has 0 aromatic carbocycles.